The van der Waals surface area contributed by atoms with Gasteiger partial charge in [-0.1, -0.05) is 30.7 Å². The van der Waals surface area contributed by atoms with Gasteiger partial charge in [0.15, 0.2) is 0 Å². The van der Waals surface area contributed by atoms with Crippen LogP contribution in [0, 0.1) is 13.8 Å². The summed E-state index contributed by atoms with van der Waals surface area (Å²) in [7, 11) is 0. The number of nitrogens with two attached hydrogens (primary N) is 1. The lowest BCUT2D eigenvalue weighted by atomic mass is 10.00. The summed E-state index contributed by atoms with van der Waals surface area (Å²) >= 11 is 0. The summed E-state index contributed by atoms with van der Waals surface area (Å²) < 4.78 is 2.14. The van der Waals surface area contributed by atoms with Crippen LogP contribution in [0.2, 0.25) is 0 Å². The van der Waals surface area contributed by atoms with Crippen LogP contribution in [0.5, 0.6) is 0 Å². The summed E-state index contributed by atoms with van der Waals surface area (Å²) in [5.41, 5.74) is 10.1. The molecular weight excluding hydrogens is 222 g/mol. The highest BCUT2D eigenvalue weighted by atomic mass is 15.1. The molecule has 1 atom stereocenters. The first-order valence-corrected chi connectivity index (χ1v) is 6.44. The molecule has 0 amide bonds. The first-order valence-electron chi connectivity index (χ1n) is 6.44. The van der Waals surface area contributed by atoms with E-state index in [9.17, 15) is 0 Å². The van der Waals surface area contributed by atoms with Gasteiger partial charge in [-0.2, -0.15) is 0 Å². The van der Waals surface area contributed by atoms with Crippen molar-refractivity contribution in [1.29, 1.82) is 0 Å². The van der Waals surface area contributed by atoms with Gasteiger partial charge >= 0.3 is 0 Å². The van der Waals surface area contributed by atoms with Crippen molar-refractivity contribution in [3.8, 4) is 0 Å². The van der Waals surface area contributed by atoms with Gasteiger partial charge < -0.3 is 10.3 Å². The van der Waals surface area contributed by atoms with Crippen LogP contribution in [0.25, 0.3) is 0 Å². The summed E-state index contributed by atoms with van der Waals surface area (Å²) in [6, 6.07) is 6.46. The number of aromatic nitrogens is 2. The van der Waals surface area contributed by atoms with Crippen molar-refractivity contribution >= 4 is 0 Å². The molecule has 0 aliphatic heterocycles. The second kappa shape index (κ2) is 5.36. The minimum Gasteiger partial charge on any atom is -0.333 e. The third-order valence-corrected chi connectivity index (χ3v) is 3.34. The quantitative estimate of drug-likeness (QED) is 0.897. The van der Waals surface area contributed by atoms with Crippen LogP contribution in [0.3, 0.4) is 0 Å². The van der Waals surface area contributed by atoms with E-state index in [4.69, 9.17) is 5.73 Å². The molecule has 1 heterocycles. The molecule has 1 aromatic heterocycles. The molecule has 1 unspecified atom stereocenters. The third-order valence-electron chi connectivity index (χ3n) is 3.34. The van der Waals surface area contributed by atoms with Crippen molar-refractivity contribution in [3.63, 3.8) is 0 Å². The number of benzene rings is 1. The zero-order valence-corrected chi connectivity index (χ0v) is 11.4. The highest BCUT2D eigenvalue weighted by molar-refractivity contribution is 5.32. The van der Waals surface area contributed by atoms with Crippen LogP contribution in [-0.2, 0) is 13.0 Å². The minimum atomic E-state index is 0.0186. The maximum Gasteiger partial charge on any atom is 0.108 e. The van der Waals surface area contributed by atoms with Crippen LogP contribution in [-0.4, -0.2) is 9.55 Å². The van der Waals surface area contributed by atoms with Gasteiger partial charge in [0.05, 0.1) is 0 Å². The molecule has 3 nitrogen and oxygen atoms in total. The molecule has 0 aliphatic carbocycles. The molecule has 96 valence electrons. The van der Waals surface area contributed by atoms with Crippen molar-refractivity contribution in [3.05, 3.63) is 53.1 Å². The van der Waals surface area contributed by atoms with Crippen LogP contribution < -0.4 is 5.73 Å². The fourth-order valence-corrected chi connectivity index (χ4v) is 2.37. The average Bonchev–Trinajstić information content (AvgIpc) is 2.76. The fourth-order valence-electron chi connectivity index (χ4n) is 2.37. The molecule has 0 radical (unpaired) electrons. The van der Waals surface area contributed by atoms with Gasteiger partial charge in [-0.3, -0.25) is 0 Å². The lowest BCUT2D eigenvalue weighted by Crippen LogP contribution is -2.19. The lowest BCUT2D eigenvalue weighted by molar-refractivity contribution is 0.555. The maximum absolute atomic E-state index is 6.31. The predicted octanol–water partition coefficient (Wildman–Crippen LogP) is 2.76. The fraction of sp³-hybridized carbons (Fsp3) is 0.400. The third kappa shape index (κ3) is 2.62. The monoisotopic (exact) mass is 243 g/mol. The predicted molar refractivity (Wildman–Crippen MR) is 74.4 cm³/mol. The Morgan fingerprint density at radius 3 is 2.78 bits per heavy atom. The molecule has 0 saturated carbocycles. The Hall–Kier alpha value is -1.61. The number of hydrogen-bond donors (Lipinski definition) is 1. The van der Waals surface area contributed by atoms with E-state index in [1.807, 2.05) is 12.4 Å². The molecular formula is C15H21N3. The first-order chi connectivity index (χ1) is 8.61. The van der Waals surface area contributed by atoms with E-state index in [2.05, 4.69) is 48.5 Å². The van der Waals surface area contributed by atoms with Gasteiger partial charge in [-0.15, -0.1) is 0 Å². The molecule has 0 bridgehead atoms. The summed E-state index contributed by atoms with van der Waals surface area (Å²) in [4.78, 5) is 4.33. The average molecular weight is 243 g/mol. The van der Waals surface area contributed by atoms with Gasteiger partial charge in [-0.25, -0.2) is 4.98 Å². The van der Waals surface area contributed by atoms with Crippen molar-refractivity contribution < 1.29 is 0 Å². The van der Waals surface area contributed by atoms with Gasteiger partial charge in [0, 0.05) is 31.4 Å². The van der Waals surface area contributed by atoms with Gasteiger partial charge in [-0.05, 0) is 25.0 Å². The Balaban J connectivity index is 2.19. The lowest BCUT2D eigenvalue weighted by Gasteiger charge is -2.17. The van der Waals surface area contributed by atoms with Crippen LogP contribution in [0.4, 0.5) is 0 Å². The zero-order valence-electron chi connectivity index (χ0n) is 11.4. The van der Waals surface area contributed by atoms with Crippen molar-refractivity contribution in [2.24, 2.45) is 5.73 Å². The second-order valence-corrected chi connectivity index (χ2v) is 4.82. The van der Waals surface area contributed by atoms with Crippen LogP contribution in [0.1, 0.15) is 35.5 Å². The SMILES string of the molecule is CCc1nccn1CC(N)c1ccc(C)cc1C. The topological polar surface area (TPSA) is 43.8 Å². The van der Waals surface area contributed by atoms with Gasteiger partial charge in [0.1, 0.15) is 5.82 Å². The molecule has 2 aromatic rings. The van der Waals surface area contributed by atoms with Crippen molar-refractivity contribution in [2.75, 3.05) is 0 Å². The van der Waals surface area contributed by atoms with E-state index < -0.39 is 0 Å². The van der Waals surface area contributed by atoms with Crippen LogP contribution >= 0.6 is 0 Å². The Morgan fingerprint density at radius 1 is 1.33 bits per heavy atom. The maximum atomic E-state index is 6.31. The molecule has 0 aliphatic rings. The van der Waals surface area contributed by atoms with Crippen molar-refractivity contribution in [1.82, 2.24) is 9.55 Å². The molecule has 0 fully saturated rings. The Bertz CT molecular complexity index is 528. The largest absolute Gasteiger partial charge is 0.333 e. The highest BCUT2D eigenvalue weighted by Gasteiger charge is 2.11. The van der Waals surface area contributed by atoms with Crippen LogP contribution in [0.15, 0.2) is 30.6 Å². The molecule has 3 heteroatoms. The molecule has 0 spiro atoms. The van der Waals surface area contributed by atoms with E-state index in [1.165, 1.54) is 16.7 Å². The normalized spacial score (nSPS) is 12.7. The van der Waals surface area contributed by atoms with E-state index in [-0.39, 0.29) is 6.04 Å². The summed E-state index contributed by atoms with van der Waals surface area (Å²) in [6.07, 6.45) is 4.78. The molecule has 0 saturated heterocycles. The zero-order chi connectivity index (χ0) is 13.1. The van der Waals surface area contributed by atoms with E-state index >= 15 is 0 Å². The minimum absolute atomic E-state index is 0.0186. The van der Waals surface area contributed by atoms with Crippen molar-refractivity contribution in [2.45, 2.75) is 39.8 Å². The Kier molecular flexibility index (Phi) is 3.82. The number of nitrogens with zero attached hydrogens (tertiary/aromatic N) is 2. The highest BCUT2D eigenvalue weighted by Crippen LogP contribution is 2.19. The number of imidazole rings is 1. The first kappa shape index (κ1) is 12.8. The van der Waals surface area contributed by atoms with Gasteiger partial charge in [0.2, 0.25) is 0 Å². The van der Waals surface area contributed by atoms with E-state index in [0.717, 1.165) is 18.8 Å². The molecule has 1 aromatic carbocycles. The number of rotatable bonds is 4. The molecule has 2 N–H and O–H groups in total. The molecule has 18 heavy (non-hydrogen) atoms. The Morgan fingerprint density at radius 2 is 2.11 bits per heavy atom. The van der Waals surface area contributed by atoms with E-state index in [1.54, 1.807) is 0 Å². The summed E-state index contributed by atoms with van der Waals surface area (Å²) in [5, 5.41) is 0. The second-order valence-electron chi connectivity index (χ2n) is 4.82. The number of hydrogen-bond acceptors (Lipinski definition) is 2. The van der Waals surface area contributed by atoms with E-state index in [0.29, 0.717) is 0 Å². The molecule has 2 rings (SSSR count). The summed E-state index contributed by atoms with van der Waals surface area (Å²) in [6.45, 7) is 7.12. The Labute approximate surface area is 109 Å². The number of aryl methyl sites for hydroxylation is 3. The smallest absolute Gasteiger partial charge is 0.108 e. The van der Waals surface area contributed by atoms with Gasteiger partial charge in [0.25, 0.3) is 0 Å². The summed E-state index contributed by atoms with van der Waals surface area (Å²) in [5.74, 6) is 1.09. The standard InChI is InChI=1S/C15H21N3/c1-4-15-17-7-8-18(15)10-14(16)13-6-5-11(2)9-12(13)3/h5-9,14H,4,10,16H2,1-3H3.